The molecule has 0 aliphatic rings. The molecule has 0 fully saturated rings. The molecule has 88 valence electrons. The SMILES string of the molecule is Cc1cccc(Oc2ccc(C)c(Cl)c2Cl)c1. The molecule has 0 atom stereocenters. The minimum absolute atomic E-state index is 0.452. The van der Waals surface area contributed by atoms with Crippen molar-refractivity contribution in [3.05, 3.63) is 57.6 Å². The summed E-state index contributed by atoms with van der Waals surface area (Å²) < 4.78 is 5.71. The monoisotopic (exact) mass is 266 g/mol. The smallest absolute Gasteiger partial charge is 0.147 e. The maximum absolute atomic E-state index is 6.13. The number of ether oxygens (including phenoxy) is 1. The van der Waals surface area contributed by atoms with E-state index in [9.17, 15) is 0 Å². The Morgan fingerprint density at radius 2 is 1.71 bits per heavy atom. The molecule has 2 rings (SSSR count). The molecule has 1 nitrogen and oxygen atoms in total. The Morgan fingerprint density at radius 3 is 2.41 bits per heavy atom. The third-order valence-corrected chi connectivity index (χ3v) is 3.42. The molecule has 0 aliphatic carbocycles. The third-order valence-electron chi connectivity index (χ3n) is 2.46. The molecule has 0 bridgehead atoms. The van der Waals surface area contributed by atoms with E-state index in [2.05, 4.69) is 0 Å². The van der Waals surface area contributed by atoms with E-state index < -0.39 is 0 Å². The van der Waals surface area contributed by atoms with E-state index in [1.165, 1.54) is 0 Å². The van der Waals surface area contributed by atoms with Crippen molar-refractivity contribution in [2.24, 2.45) is 0 Å². The van der Waals surface area contributed by atoms with E-state index in [0.717, 1.165) is 16.9 Å². The molecule has 0 heterocycles. The summed E-state index contributed by atoms with van der Waals surface area (Å²) in [6.07, 6.45) is 0. The minimum atomic E-state index is 0.452. The van der Waals surface area contributed by atoms with Gasteiger partial charge in [0.1, 0.15) is 16.5 Å². The normalized spacial score (nSPS) is 10.4. The van der Waals surface area contributed by atoms with E-state index >= 15 is 0 Å². The highest BCUT2D eigenvalue weighted by Crippen LogP contribution is 2.36. The molecule has 2 aromatic rings. The van der Waals surface area contributed by atoms with Crippen molar-refractivity contribution in [2.75, 3.05) is 0 Å². The van der Waals surface area contributed by atoms with Crippen LogP contribution in [0.4, 0.5) is 0 Å². The second-order valence-electron chi connectivity index (χ2n) is 3.93. The second kappa shape index (κ2) is 4.99. The van der Waals surface area contributed by atoms with E-state index in [-0.39, 0.29) is 0 Å². The van der Waals surface area contributed by atoms with Gasteiger partial charge in [-0.2, -0.15) is 0 Å². The fourth-order valence-electron chi connectivity index (χ4n) is 1.51. The lowest BCUT2D eigenvalue weighted by Gasteiger charge is -2.10. The van der Waals surface area contributed by atoms with Crippen LogP contribution in [0.15, 0.2) is 36.4 Å². The van der Waals surface area contributed by atoms with Crippen LogP contribution in [0.2, 0.25) is 10.0 Å². The first-order chi connectivity index (χ1) is 8.08. The maximum Gasteiger partial charge on any atom is 0.147 e. The molecule has 0 unspecified atom stereocenters. The summed E-state index contributed by atoms with van der Waals surface area (Å²) in [5.74, 6) is 1.33. The summed E-state index contributed by atoms with van der Waals surface area (Å²) in [6, 6.07) is 11.5. The van der Waals surface area contributed by atoms with Crippen LogP contribution < -0.4 is 4.74 Å². The average Bonchev–Trinajstić information content (AvgIpc) is 2.30. The first-order valence-corrected chi connectivity index (χ1v) is 6.02. The molecular weight excluding hydrogens is 255 g/mol. The van der Waals surface area contributed by atoms with Crippen LogP contribution in [0.3, 0.4) is 0 Å². The zero-order valence-electron chi connectivity index (χ0n) is 9.63. The van der Waals surface area contributed by atoms with E-state index in [4.69, 9.17) is 27.9 Å². The van der Waals surface area contributed by atoms with E-state index in [1.807, 2.05) is 50.2 Å². The van der Waals surface area contributed by atoms with Crippen LogP contribution in [0.25, 0.3) is 0 Å². The highest BCUT2D eigenvalue weighted by Gasteiger charge is 2.09. The Morgan fingerprint density at radius 1 is 0.941 bits per heavy atom. The quantitative estimate of drug-likeness (QED) is 0.707. The molecular formula is C14H12Cl2O. The Labute approximate surface area is 111 Å². The number of hydrogen-bond acceptors (Lipinski definition) is 1. The Kier molecular flexibility index (Phi) is 3.60. The summed E-state index contributed by atoms with van der Waals surface area (Å²) in [7, 11) is 0. The van der Waals surface area contributed by atoms with Gasteiger partial charge >= 0.3 is 0 Å². The van der Waals surface area contributed by atoms with Crippen LogP contribution in [-0.2, 0) is 0 Å². The van der Waals surface area contributed by atoms with E-state index in [1.54, 1.807) is 0 Å². The molecule has 17 heavy (non-hydrogen) atoms. The summed E-state index contributed by atoms with van der Waals surface area (Å²) in [6.45, 7) is 3.92. The second-order valence-corrected chi connectivity index (χ2v) is 4.68. The van der Waals surface area contributed by atoms with Crippen LogP contribution in [-0.4, -0.2) is 0 Å². The Balaban J connectivity index is 2.34. The largest absolute Gasteiger partial charge is 0.456 e. The molecule has 0 saturated carbocycles. The van der Waals surface area contributed by atoms with E-state index in [0.29, 0.717) is 15.8 Å². The van der Waals surface area contributed by atoms with Crippen LogP contribution >= 0.6 is 23.2 Å². The number of halogens is 2. The molecule has 0 radical (unpaired) electrons. The van der Waals surface area contributed by atoms with Crippen LogP contribution in [0.1, 0.15) is 11.1 Å². The predicted octanol–water partition coefficient (Wildman–Crippen LogP) is 5.40. The molecule has 3 heteroatoms. The lowest BCUT2D eigenvalue weighted by Crippen LogP contribution is -1.87. The van der Waals surface area contributed by atoms with Gasteiger partial charge in [-0.1, -0.05) is 41.4 Å². The minimum Gasteiger partial charge on any atom is -0.456 e. The highest BCUT2D eigenvalue weighted by atomic mass is 35.5. The lowest BCUT2D eigenvalue weighted by atomic mass is 10.2. The van der Waals surface area contributed by atoms with Gasteiger partial charge < -0.3 is 4.74 Å². The fraction of sp³-hybridized carbons (Fsp3) is 0.143. The number of aryl methyl sites for hydroxylation is 2. The standard InChI is InChI=1S/C14H12Cl2O/c1-9-4-3-5-11(8-9)17-12-7-6-10(2)13(15)14(12)16/h3-8H,1-2H3. The van der Waals surface area contributed by atoms with Crippen molar-refractivity contribution in [1.29, 1.82) is 0 Å². The van der Waals surface area contributed by atoms with Gasteiger partial charge in [-0.15, -0.1) is 0 Å². The highest BCUT2D eigenvalue weighted by molar-refractivity contribution is 6.43. The predicted molar refractivity (Wildman–Crippen MR) is 72.5 cm³/mol. The summed E-state index contributed by atoms with van der Waals surface area (Å²) in [5, 5.41) is 0.991. The van der Waals surface area contributed by atoms with Gasteiger partial charge in [0.25, 0.3) is 0 Å². The van der Waals surface area contributed by atoms with Crippen molar-refractivity contribution in [3.8, 4) is 11.5 Å². The molecule has 0 saturated heterocycles. The van der Waals surface area contributed by atoms with Crippen LogP contribution in [0.5, 0.6) is 11.5 Å². The van der Waals surface area contributed by atoms with Gasteiger partial charge in [0.2, 0.25) is 0 Å². The zero-order chi connectivity index (χ0) is 12.4. The summed E-state index contributed by atoms with van der Waals surface area (Å²) in [5.41, 5.74) is 2.07. The Hall–Kier alpha value is -1.18. The third kappa shape index (κ3) is 2.74. The molecule has 0 spiro atoms. The van der Waals surface area contributed by atoms with Crippen molar-refractivity contribution in [1.82, 2.24) is 0 Å². The zero-order valence-corrected chi connectivity index (χ0v) is 11.1. The number of rotatable bonds is 2. The Bertz CT molecular complexity index is 550. The number of benzene rings is 2. The van der Waals surface area contributed by atoms with Gasteiger partial charge in [0, 0.05) is 0 Å². The van der Waals surface area contributed by atoms with Crippen molar-refractivity contribution in [3.63, 3.8) is 0 Å². The van der Waals surface area contributed by atoms with Gasteiger partial charge in [0.15, 0.2) is 0 Å². The van der Waals surface area contributed by atoms with Crippen LogP contribution in [0, 0.1) is 13.8 Å². The van der Waals surface area contributed by atoms with Gasteiger partial charge in [-0.3, -0.25) is 0 Å². The van der Waals surface area contributed by atoms with Crippen molar-refractivity contribution >= 4 is 23.2 Å². The van der Waals surface area contributed by atoms with Gasteiger partial charge in [-0.25, -0.2) is 0 Å². The van der Waals surface area contributed by atoms with Crippen molar-refractivity contribution < 1.29 is 4.74 Å². The molecule has 0 aliphatic heterocycles. The van der Waals surface area contributed by atoms with Gasteiger partial charge in [0.05, 0.1) is 5.02 Å². The fourth-order valence-corrected chi connectivity index (χ4v) is 1.92. The molecule has 2 aromatic carbocycles. The molecule has 0 amide bonds. The first kappa shape index (κ1) is 12.3. The molecule has 0 aromatic heterocycles. The van der Waals surface area contributed by atoms with Gasteiger partial charge in [-0.05, 0) is 43.2 Å². The number of hydrogen-bond donors (Lipinski definition) is 0. The first-order valence-electron chi connectivity index (χ1n) is 5.27. The average molecular weight is 267 g/mol. The summed E-state index contributed by atoms with van der Waals surface area (Å²) in [4.78, 5) is 0. The van der Waals surface area contributed by atoms with Crippen molar-refractivity contribution in [2.45, 2.75) is 13.8 Å². The lowest BCUT2D eigenvalue weighted by molar-refractivity contribution is 0.482. The molecule has 0 N–H and O–H groups in total. The topological polar surface area (TPSA) is 9.23 Å². The summed E-state index contributed by atoms with van der Waals surface area (Å²) >= 11 is 12.2. The maximum atomic E-state index is 6.13.